The van der Waals surface area contributed by atoms with Crippen molar-refractivity contribution in [2.24, 2.45) is 0 Å². The van der Waals surface area contributed by atoms with E-state index in [2.05, 4.69) is 16.6 Å². The lowest BCUT2D eigenvalue weighted by molar-refractivity contribution is 0.0733. The van der Waals surface area contributed by atoms with Crippen LogP contribution < -0.4 is 5.32 Å². The molecule has 106 valence electrons. The summed E-state index contributed by atoms with van der Waals surface area (Å²) >= 11 is 3.36. The first-order valence-electron chi connectivity index (χ1n) is 6.66. The first-order chi connectivity index (χ1) is 9.17. The number of anilines is 1. The van der Waals surface area contributed by atoms with Crippen molar-refractivity contribution < 1.29 is 4.79 Å². The SMILES string of the molecule is CCNc1nc(C(=O)N(C)C2CCCC2SC)cs1. The summed E-state index contributed by atoms with van der Waals surface area (Å²) in [7, 11) is 1.91. The molecule has 1 fully saturated rings. The summed E-state index contributed by atoms with van der Waals surface area (Å²) in [5, 5.41) is 6.39. The number of nitrogens with zero attached hydrogens (tertiary/aromatic N) is 2. The molecule has 0 radical (unpaired) electrons. The van der Waals surface area contributed by atoms with Crippen LogP contribution in [0.2, 0.25) is 0 Å². The number of rotatable bonds is 5. The third kappa shape index (κ3) is 3.23. The van der Waals surface area contributed by atoms with E-state index in [1.807, 2.05) is 36.0 Å². The van der Waals surface area contributed by atoms with Gasteiger partial charge in [0.05, 0.1) is 0 Å². The highest BCUT2D eigenvalue weighted by Crippen LogP contribution is 2.32. The Balaban J connectivity index is 2.05. The summed E-state index contributed by atoms with van der Waals surface area (Å²) in [4.78, 5) is 18.7. The lowest BCUT2D eigenvalue weighted by Crippen LogP contribution is -2.40. The van der Waals surface area contributed by atoms with Gasteiger partial charge >= 0.3 is 0 Å². The van der Waals surface area contributed by atoms with Gasteiger partial charge in [-0.1, -0.05) is 6.42 Å². The van der Waals surface area contributed by atoms with Gasteiger partial charge in [-0.15, -0.1) is 11.3 Å². The first-order valence-corrected chi connectivity index (χ1v) is 8.83. The lowest BCUT2D eigenvalue weighted by atomic mass is 10.2. The van der Waals surface area contributed by atoms with Crippen molar-refractivity contribution in [1.82, 2.24) is 9.88 Å². The van der Waals surface area contributed by atoms with Gasteiger partial charge in [-0.25, -0.2) is 4.98 Å². The second kappa shape index (κ2) is 6.61. The van der Waals surface area contributed by atoms with E-state index >= 15 is 0 Å². The highest BCUT2D eigenvalue weighted by Gasteiger charge is 2.33. The first kappa shape index (κ1) is 14.7. The van der Waals surface area contributed by atoms with E-state index < -0.39 is 0 Å². The molecule has 1 amide bonds. The average molecular weight is 299 g/mol. The predicted molar refractivity (Wildman–Crippen MR) is 83.3 cm³/mol. The molecule has 0 spiro atoms. The van der Waals surface area contributed by atoms with E-state index in [0.717, 1.165) is 18.1 Å². The zero-order valence-electron chi connectivity index (χ0n) is 11.7. The van der Waals surface area contributed by atoms with Crippen LogP contribution in [-0.4, -0.2) is 46.9 Å². The maximum absolute atomic E-state index is 12.4. The summed E-state index contributed by atoms with van der Waals surface area (Å²) in [5.41, 5.74) is 0.565. The molecule has 1 saturated carbocycles. The number of thioether (sulfide) groups is 1. The molecule has 0 saturated heterocycles. The number of carbonyl (C=O) groups excluding carboxylic acids is 1. The van der Waals surface area contributed by atoms with E-state index in [0.29, 0.717) is 17.0 Å². The van der Waals surface area contributed by atoms with Crippen molar-refractivity contribution in [2.75, 3.05) is 25.2 Å². The molecule has 1 heterocycles. The van der Waals surface area contributed by atoms with Crippen molar-refractivity contribution in [1.29, 1.82) is 0 Å². The van der Waals surface area contributed by atoms with E-state index in [-0.39, 0.29) is 5.91 Å². The molecule has 6 heteroatoms. The lowest BCUT2D eigenvalue weighted by Gasteiger charge is -2.28. The Morgan fingerprint density at radius 1 is 1.63 bits per heavy atom. The Bertz CT molecular complexity index is 435. The minimum atomic E-state index is 0.0475. The Labute approximate surface area is 123 Å². The second-order valence-electron chi connectivity index (χ2n) is 4.76. The van der Waals surface area contributed by atoms with Gasteiger partial charge < -0.3 is 10.2 Å². The predicted octanol–water partition coefficient (Wildman–Crippen LogP) is 2.93. The van der Waals surface area contributed by atoms with Gasteiger partial charge in [0.25, 0.3) is 5.91 Å². The molecule has 2 unspecified atom stereocenters. The fourth-order valence-electron chi connectivity index (χ4n) is 2.56. The van der Waals surface area contributed by atoms with Gasteiger partial charge in [-0.05, 0) is 26.0 Å². The number of aromatic nitrogens is 1. The summed E-state index contributed by atoms with van der Waals surface area (Å²) in [5.74, 6) is 0.0475. The van der Waals surface area contributed by atoms with E-state index in [9.17, 15) is 4.79 Å². The molecule has 1 aliphatic rings. The number of nitrogens with one attached hydrogen (secondary N) is 1. The van der Waals surface area contributed by atoms with Gasteiger partial charge in [-0.3, -0.25) is 4.79 Å². The maximum Gasteiger partial charge on any atom is 0.273 e. The molecule has 2 rings (SSSR count). The summed E-state index contributed by atoms with van der Waals surface area (Å²) in [6, 6.07) is 0.354. The molecule has 0 aromatic carbocycles. The van der Waals surface area contributed by atoms with E-state index in [1.165, 1.54) is 24.2 Å². The number of carbonyl (C=O) groups is 1. The zero-order valence-corrected chi connectivity index (χ0v) is 13.3. The number of thiazole rings is 1. The van der Waals surface area contributed by atoms with Gasteiger partial charge in [0.15, 0.2) is 5.13 Å². The van der Waals surface area contributed by atoms with Crippen LogP contribution >= 0.6 is 23.1 Å². The summed E-state index contributed by atoms with van der Waals surface area (Å²) in [6.45, 7) is 2.85. The summed E-state index contributed by atoms with van der Waals surface area (Å²) < 4.78 is 0. The maximum atomic E-state index is 12.4. The molecule has 0 aliphatic heterocycles. The Morgan fingerprint density at radius 3 is 3.11 bits per heavy atom. The Morgan fingerprint density at radius 2 is 2.42 bits per heavy atom. The van der Waals surface area contributed by atoms with Crippen LogP contribution in [0.4, 0.5) is 5.13 Å². The van der Waals surface area contributed by atoms with Crippen LogP contribution in [0.1, 0.15) is 36.7 Å². The van der Waals surface area contributed by atoms with Crippen molar-refractivity contribution >= 4 is 34.1 Å². The average Bonchev–Trinajstić information content (AvgIpc) is 3.05. The third-order valence-corrected chi connectivity index (χ3v) is 5.54. The molecule has 1 N–H and O–H groups in total. The van der Waals surface area contributed by atoms with Gasteiger partial charge in [-0.2, -0.15) is 11.8 Å². The largest absolute Gasteiger partial charge is 0.362 e. The fourth-order valence-corrected chi connectivity index (χ4v) is 4.35. The Hall–Kier alpha value is -0.750. The molecule has 4 nitrogen and oxygen atoms in total. The summed E-state index contributed by atoms with van der Waals surface area (Å²) in [6.07, 6.45) is 5.67. The normalized spacial score (nSPS) is 22.5. The van der Waals surface area contributed by atoms with Crippen LogP contribution in [0.15, 0.2) is 5.38 Å². The van der Waals surface area contributed by atoms with Crippen LogP contribution in [0.5, 0.6) is 0 Å². The smallest absolute Gasteiger partial charge is 0.273 e. The molecular formula is C13H21N3OS2. The second-order valence-corrected chi connectivity index (χ2v) is 6.69. The van der Waals surface area contributed by atoms with Crippen LogP contribution in [0.25, 0.3) is 0 Å². The minimum absolute atomic E-state index is 0.0475. The standard InChI is InChI=1S/C13H21N3OS2/c1-4-14-13-15-9(8-19-13)12(17)16(2)10-6-5-7-11(10)18-3/h8,10-11H,4-7H2,1-3H3,(H,14,15). The third-order valence-electron chi connectivity index (χ3n) is 3.59. The van der Waals surface area contributed by atoms with Crippen molar-refractivity contribution in [3.63, 3.8) is 0 Å². The van der Waals surface area contributed by atoms with Gasteiger partial charge in [0, 0.05) is 30.3 Å². The molecular weight excluding hydrogens is 278 g/mol. The van der Waals surface area contributed by atoms with Crippen molar-refractivity contribution in [3.05, 3.63) is 11.1 Å². The van der Waals surface area contributed by atoms with Crippen LogP contribution in [-0.2, 0) is 0 Å². The molecule has 1 aliphatic carbocycles. The van der Waals surface area contributed by atoms with Crippen molar-refractivity contribution in [3.8, 4) is 0 Å². The Kier molecular flexibility index (Phi) is 5.10. The minimum Gasteiger partial charge on any atom is -0.362 e. The van der Waals surface area contributed by atoms with Gasteiger partial charge in [0.2, 0.25) is 0 Å². The number of amides is 1. The molecule has 1 aromatic heterocycles. The van der Waals surface area contributed by atoms with Crippen molar-refractivity contribution in [2.45, 2.75) is 37.5 Å². The molecule has 19 heavy (non-hydrogen) atoms. The highest BCUT2D eigenvalue weighted by molar-refractivity contribution is 7.99. The topological polar surface area (TPSA) is 45.2 Å². The van der Waals surface area contributed by atoms with Gasteiger partial charge in [0.1, 0.15) is 5.69 Å². The van der Waals surface area contributed by atoms with E-state index in [1.54, 1.807) is 0 Å². The van der Waals surface area contributed by atoms with Crippen LogP contribution in [0, 0.1) is 0 Å². The van der Waals surface area contributed by atoms with Crippen LogP contribution in [0.3, 0.4) is 0 Å². The zero-order chi connectivity index (χ0) is 13.8. The number of hydrogen-bond donors (Lipinski definition) is 1. The quantitative estimate of drug-likeness (QED) is 0.908. The monoisotopic (exact) mass is 299 g/mol. The molecule has 0 bridgehead atoms. The number of hydrogen-bond acceptors (Lipinski definition) is 5. The molecule has 2 atom stereocenters. The highest BCUT2D eigenvalue weighted by atomic mass is 32.2. The molecule has 1 aromatic rings. The van der Waals surface area contributed by atoms with E-state index in [4.69, 9.17) is 0 Å². The fraction of sp³-hybridized carbons (Fsp3) is 0.692.